The third-order valence-electron chi connectivity index (χ3n) is 2.00. The molecule has 4 nitrogen and oxygen atoms in total. The van der Waals surface area contributed by atoms with Gasteiger partial charge in [0, 0.05) is 0 Å². The first-order valence-corrected chi connectivity index (χ1v) is 3.95. The Balaban J connectivity index is 2.51. The second-order valence-corrected chi connectivity index (χ2v) is 3.11. The van der Waals surface area contributed by atoms with Crippen LogP contribution in [0.1, 0.15) is 30.1 Å². The van der Waals surface area contributed by atoms with E-state index in [9.17, 15) is 10.2 Å². The Bertz CT molecular complexity index is 298. The van der Waals surface area contributed by atoms with Crippen LogP contribution >= 0.6 is 0 Å². The second-order valence-electron chi connectivity index (χ2n) is 3.11. The number of nitrogens with zero attached hydrogens (tertiary/aromatic N) is 2. The molecule has 0 saturated heterocycles. The Hall–Kier alpha value is -1.32. The van der Waals surface area contributed by atoms with Gasteiger partial charge in [0.15, 0.2) is 0 Å². The van der Waals surface area contributed by atoms with Crippen LogP contribution in [0.3, 0.4) is 0 Å². The van der Waals surface area contributed by atoms with Gasteiger partial charge in [-0.25, -0.2) is 0 Å². The molecular formula is C8H10N2O2. The molecule has 0 bridgehead atoms. The van der Waals surface area contributed by atoms with E-state index in [-0.39, 0.29) is 17.7 Å². The summed E-state index contributed by atoms with van der Waals surface area (Å²) in [6.07, 6.45) is 2.01. The van der Waals surface area contributed by atoms with Crippen LogP contribution in [0.25, 0.3) is 0 Å². The molecule has 4 heteroatoms. The third kappa shape index (κ3) is 1.09. The van der Waals surface area contributed by atoms with Gasteiger partial charge in [0.05, 0.1) is 5.56 Å². The van der Waals surface area contributed by atoms with E-state index in [1.807, 2.05) is 0 Å². The van der Waals surface area contributed by atoms with Crippen LogP contribution in [-0.4, -0.2) is 20.2 Å². The van der Waals surface area contributed by atoms with Crippen LogP contribution in [-0.2, 0) is 0 Å². The molecule has 0 aromatic carbocycles. The van der Waals surface area contributed by atoms with Crippen molar-refractivity contribution in [2.45, 2.75) is 25.7 Å². The molecule has 1 aliphatic rings. The lowest BCUT2D eigenvalue weighted by molar-refractivity contribution is 0.406. The minimum absolute atomic E-state index is 0.0671. The van der Waals surface area contributed by atoms with E-state index in [0.717, 1.165) is 12.8 Å². The topological polar surface area (TPSA) is 66.2 Å². The summed E-state index contributed by atoms with van der Waals surface area (Å²) in [6.45, 7) is 1.64. The van der Waals surface area contributed by atoms with E-state index in [1.54, 1.807) is 6.92 Å². The lowest BCUT2D eigenvalue weighted by Crippen LogP contribution is -1.93. The van der Waals surface area contributed by atoms with Crippen LogP contribution < -0.4 is 0 Å². The van der Waals surface area contributed by atoms with Gasteiger partial charge < -0.3 is 10.2 Å². The van der Waals surface area contributed by atoms with Crippen molar-refractivity contribution in [3.05, 3.63) is 11.4 Å². The van der Waals surface area contributed by atoms with Gasteiger partial charge in [-0.2, -0.15) is 9.97 Å². The highest BCUT2D eigenvalue weighted by Crippen LogP contribution is 2.46. The Morgan fingerprint density at radius 3 is 2.08 bits per heavy atom. The number of hydrogen-bond acceptors (Lipinski definition) is 4. The van der Waals surface area contributed by atoms with Crippen LogP contribution in [0.15, 0.2) is 0 Å². The second kappa shape index (κ2) is 2.33. The predicted molar refractivity (Wildman–Crippen MR) is 42.1 cm³/mol. The first-order valence-electron chi connectivity index (χ1n) is 3.95. The fraction of sp³-hybridized carbons (Fsp3) is 0.500. The Morgan fingerprint density at radius 1 is 1.17 bits per heavy atom. The molecule has 0 amide bonds. The van der Waals surface area contributed by atoms with Gasteiger partial charge in [0.25, 0.3) is 0 Å². The van der Waals surface area contributed by atoms with E-state index < -0.39 is 0 Å². The zero-order valence-electron chi connectivity index (χ0n) is 6.78. The largest absolute Gasteiger partial charge is 0.493 e. The summed E-state index contributed by atoms with van der Waals surface area (Å²) in [5, 5.41) is 18.7. The van der Waals surface area contributed by atoms with Crippen molar-refractivity contribution in [1.29, 1.82) is 0 Å². The first-order chi connectivity index (χ1) is 5.68. The van der Waals surface area contributed by atoms with Crippen LogP contribution in [0, 0.1) is 6.92 Å². The number of aromatic nitrogens is 2. The molecule has 1 saturated carbocycles. The van der Waals surface area contributed by atoms with E-state index in [0.29, 0.717) is 11.4 Å². The number of aryl methyl sites for hydroxylation is 1. The number of aromatic hydroxyl groups is 2. The molecule has 1 aliphatic carbocycles. The van der Waals surface area contributed by atoms with Crippen molar-refractivity contribution < 1.29 is 10.2 Å². The fourth-order valence-electron chi connectivity index (χ4n) is 1.29. The summed E-state index contributed by atoms with van der Waals surface area (Å²) in [5.74, 6) is 0.532. The number of rotatable bonds is 1. The summed E-state index contributed by atoms with van der Waals surface area (Å²) < 4.78 is 0. The predicted octanol–water partition coefficient (Wildman–Crippen LogP) is 1.07. The van der Waals surface area contributed by atoms with Crippen LogP contribution in [0.4, 0.5) is 0 Å². The van der Waals surface area contributed by atoms with E-state index >= 15 is 0 Å². The summed E-state index contributed by atoms with van der Waals surface area (Å²) in [5.41, 5.74) is 0.514. The molecule has 2 N–H and O–H groups in total. The van der Waals surface area contributed by atoms with E-state index in [4.69, 9.17) is 0 Å². The van der Waals surface area contributed by atoms with Crippen molar-refractivity contribution >= 4 is 0 Å². The lowest BCUT2D eigenvalue weighted by Gasteiger charge is -2.03. The molecule has 0 atom stereocenters. The molecule has 1 fully saturated rings. The molecule has 0 unspecified atom stereocenters. The highest BCUT2D eigenvalue weighted by molar-refractivity contribution is 5.39. The SMILES string of the molecule is Cc1nc(O)c(C2CC2)c(O)n1. The van der Waals surface area contributed by atoms with Gasteiger partial charge in [-0.15, -0.1) is 0 Å². The fourth-order valence-corrected chi connectivity index (χ4v) is 1.29. The van der Waals surface area contributed by atoms with E-state index in [1.165, 1.54) is 0 Å². The monoisotopic (exact) mass is 166 g/mol. The maximum atomic E-state index is 9.37. The first kappa shape index (κ1) is 7.34. The van der Waals surface area contributed by atoms with Crippen LogP contribution in [0.2, 0.25) is 0 Å². The zero-order chi connectivity index (χ0) is 8.72. The summed E-state index contributed by atoms with van der Waals surface area (Å²) in [4.78, 5) is 7.56. The van der Waals surface area contributed by atoms with Crippen molar-refractivity contribution in [3.8, 4) is 11.8 Å². The van der Waals surface area contributed by atoms with Gasteiger partial charge >= 0.3 is 0 Å². The molecular weight excluding hydrogens is 156 g/mol. The Kier molecular flexibility index (Phi) is 1.43. The maximum Gasteiger partial charge on any atom is 0.221 e. The lowest BCUT2D eigenvalue weighted by atomic mass is 10.2. The molecule has 1 heterocycles. The molecule has 1 aromatic heterocycles. The Labute approximate surface area is 69.9 Å². The highest BCUT2D eigenvalue weighted by Gasteiger charge is 2.30. The van der Waals surface area contributed by atoms with Crippen molar-refractivity contribution in [3.63, 3.8) is 0 Å². The van der Waals surface area contributed by atoms with Gasteiger partial charge in [-0.1, -0.05) is 0 Å². The number of hydrogen-bond donors (Lipinski definition) is 2. The third-order valence-corrected chi connectivity index (χ3v) is 2.00. The highest BCUT2D eigenvalue weighted by atomic mass is 16.3. The quantitative estimate of drug-likeness (QED) is 0.655. The average Bonchev–Trinajstić information content (AvgIpc) is 2.68. The molecule has 0 radical (unpaired) electrons. The minimum atomic E-state index is -0.0671. The average molecular weight is 166 g/mol. The van der Waals surface area contributed by atoms with Crippen LogP contribution in [0.5, 0.6) is 11.8 Å². The van der Waals surface area contributed by atoms with Gasteiger partial charge in [0.1, 0.15) is 5.82 Å². The normalized spacial score (nSPS) is 16.4. The molecule has 2 rings (SSSR count). The smallest absolute Gasteiger partial charge is 0.221 e. The molecule has 1 aromatic rings. The summed E-state index contributed by atoms with van der Waals surface area (Å²) >= 11 is 0. The molecule has 0 aliphatic heterocycles. The minimum Gasteiger partial charge on any atom is -0.493 e. The summed E-state index contributed by atoms with van der Waals surface area (Å²) in [7, 11) is 0. The van der Waals surface area contributed by atoms with Crippen molar-refractivity contribution in [2.75, 3.05) is 0 Å². The molecule has 12 heavy (non-hydrogen) atoms. The van der Waals surface area contributed by atoms with Crippen molar-refractivity contribution in [2.24, 2.45) is 0 Å². The maximum absolute atomic E-state index is 9.37. The van der Waals surface area contributed by atoms with Crippen molar-refractivity contribution in [1.82, 2.24) is 9.97 Å². The van der Waals surface area contributed by atoms with E-state index in [2.05, 4.69) is 9.97 Å². The summed E-state index contributed by atoms with van der Waals surface area (Å²) in [6, 6.07) is 0. The van der Waals surface area contributed by atoms with Gasteiger partial charge in [-0.05, 0) is 25.7 Å². The van der Waals surface area contributed by atoms with Gasteiger partial charge in [0.2, 0.25) is 11.8 Å². The molecule has 0 spiro atoms. The van der Waals surface area contributed by atoms with Gasteiger partial charge in [-0.3, -0.25) is 0 Å². The zero-order valence-corrected chi connectivity index (χ0v) is 6.78. The standard InChI is InChI=1S/C8H10N2O2/c1-4-9-7(11)6(5-2-3-5)8(12)10-4/h5H,2-3H2,1H3,(H2,9,10,11,12). The Morgan fingerprint density at radius 2 is 1.67 bits per heavy atom. The molecule has 64 valence electrons.